The first-order valence-electron chi connectivity index (χ1n) is 5.39. The first-order valence-corrected chi connectivity index (χ1v) is 5.39. The first-order chi connectivity index (χ1) is 8.49. The summed E-state index contributed by atoms with van der Waals surface area (Å²) in [7, 11) is 3.78. The second-order valence-electron chi connectivity index (χ2n) is 3.82. The molecular formula is C11H16N4O3. The van der Waals surface area contributed by atoms with Crippen LogP contribution in [-0.2, 0) is 4.79 Å². The van der Waals surface area contributed by atoms with Gasteiger partial charge >= 0.3 is 12.0 Å². The number of aromatic nitrogens is 1. The van der Waals surface area contributed by atoms with Crippen molar-refractivity contribution in [1.82, 2.24) is 10.3 Å². The zero-order valence-electron chi connectivity index (χ0n) is 10.3. The molecule has 1 rings (SSSR count). The van der Waals surface area contributed by atoms with Gasteiger partial charge in [-0.1, -0.05) is 0 Å². The van der Waals surface area contributed by atoms with Gasteiger partial charge < -0.3 is 15.3 Å². The van der Waals surface area contributed by atoms with Crippen molar-refractivity contribution in [2.75, 3.05) is 30.9 Å². The number of nitrogens with zero attached hydrogens (tertiary/aromatic N) is 2. The smallest absolute Gasteiger partial charge is 0.320 e. The zero-order chi connectivity index (χ0) is 13.5. The maximum atomic E-state index is 11.3. The van der Waals surface area contributed by atoms with Crippen LogP contribution in [0, 0.1) is 0 Å². The van der Waals surface area contributed by atoms with Crippen molar-refractivity contribution in [1.29, 1.82) is 0 Å². The van der Waals surface area contributed by atoms with Crippen molar-refractivity contribution in [3.8, 4) is 0 Å². The van der Waals surface area contributed by atoms with E-state index in [4.69, 9.17) is 5.11 Å². The van der Waals surface area contributed by atoms with E-state index in [1.54, 1.807) is 12.3 Å². The van der Waals surface area contributed by atoms with Gasteiger partial charge in [0.1, 0.15) is 5.82 Å². The third-order valence-corrected chi connectivity index (χ3v) is 2.13. The van der Waals surface area contributed by atoms with Crippen molar-refractivity contribution in [2.45, 2.75) is 6.42 Å². The SMILES string of the molecule is CN(C)c1ccc(NC(=O)NCCC(=O)O)nc1. The Kier molecular flexibility index (Phi) is 4.91. The van der Waals surface area contributed by atoms with Gasteiger partial charge in [0.25, 0.3) is 0 Å². The molecule has 0 aromatic carbocycles. The molecule has 0 spiro atoms. The summed E-state index contributed by atoms with van der Waals surface area (Å²) in [5, 5.41) is 13.3. The van der Waals surface area contributed by atoms with Crippen LogP contribution < -0.4 is 15.5 Å². The van der Waals surface area contributed by atoms with Crippen molar-refractivity contribution in [3.05, 3.63) is 18.3 Å². The van der Waals surface area contributed by atoms with Crippen LogP contribution in [0.4, 0.5) is 16.3 Å². The Morgan fingerprint density at radius 3 is 2.61 bits per heavy atom. The van der Waals surface area contributed by atoms with Gasteiger partial charge in [0, 0.05) is 20.6 Å². The Morgan fingerprint density at radius 1 is 1.39 bits per heavy atom. The molecule has 7 heteroatoms. The molecule has 1 aromatic rings. The highest BCUT2D eigenvalue weighted by molar-refractivity contribution is 5.88. The second-order valence-corrected chi connectivity index (χ2v) is 3.82. The van der Waals surface area contributed by atoms with Crippen LogP contribution in [0.3, 0.4) is 0 Å². The van der Waals surface area contributed by atoms with E-state index in [1.165, 1.54) is 0 Å². The minimum Gasteiger partial charge on any atom is -0.481 e. The number of carbonyl (C=O) groups is 2. The zero-order valence-corrected chi connectivity index (χ0v) is 10.3. The fourth-order valence-corrected chi connectivity index (χ4v) is 1.17. The van der Waals surface area contributed by atoms with Gasteiger partial charge in [-0.05, 0) is 12.1 Å². The Morgan fingerprint density at radius 2 is 2.11 bits per heavy atom. The number of amides is 2. The molecule has 0 bridgehead atoms. The standard InChI is InChI=1S/C11H16N4O3/c1-15(2)8-3-4-9(13-7-8)14-11(18)12-6-5-10(16)17/h3-4,7H,5-6H2,1-2H3,(H,16,17)(H2,12,13,14,18). The Labute approximate surface area is 105 Å². The predicted octanol–water partition coefficient (Wildman–Crippen LogP) is 0.744. The molecule has 0 saturated heterocycles. The van der Waals surface area contributed by atoms with Gasteiger partial charge in [-0.3, -0.25) is 10.1 Å². The summed E-state index contributed by atoms with van der Waals surface area (Å²) in [4.78, 5) is 27.5. The van der Waals surface area contributed by atoms with Crippen molar-refractivity contribution >= 4 is 23.5 Å². The summed E-state index contributed by atoms with van der Waals surface area (Å²) < 4.78 is 0. The number of urea groups is 1. The van der Waals surface area contributed by atoms with Gasteiger partial charge in [-0.15, -0.1) is 0 Å². The van der Waals surface area contributed by atoms with E-state index in [2.05, 4.69) is 15.6 Å². The van der Waals surface area contributed by atoms with E-state index in [0.717, 1.165) is 5.69 Å². The number of carboxylic acid groups (broad SMARTS) is 1. The molecule has 0 aliphatic carbocycles. The predicted molar refractivity (Wildman–Crippen MR) is 67.8 cm³/mol. The van der Waals surface area contributed by atoms with Crippen molar-refractivity contribution in [3.63, 3.8) is 0 Å². The highest BCUT2D eigenvalue weighted by atomic mass is 16.4. The third kappa shape index (κ3) is 4.69. The normalized spacial score (nSPS) is 9.67. The van der Waals surface area contributed by atoms with Gasteiger partial charge in [-0.2, -0.15) is 0 Å². The quantitative estimate of drug-likeness (QED) is 0.718. The van der Waals surface area contributed by atoms with Gasteiger partial charge in [0.15, 0.2) is 0 Å². The molecule has 0 radical (unpaired) electrons. The lowest BCUT2D eigenvalue weighted by Gasteiger charge is -2.12. The Bertz CT molecular complexity index is 417. The third-order valence-electron chi connectivity index (χ3n) is 2.13. The summed E-state index contributed by atoms with van der Waals surface area (Å²) in [6.07, 6.45) is 1.52. The first kappa shape index (κ1) is 13.8. The van der Waals surface area contributed by atoms with Crippen LogP contribution in [-0.4, -0.2) is 42.7 Å². The number of anilines is 2. The lowest BCUT2D eigenvalue weighted by molar-refractivity contribution is -0.136. The van der Waals surface area contributed by atoms with Crippen molar-refractivity contribution < 1.29 is 14.7 Å². The van der Waals surface area contributed by atoms with Crippen LogP contribution in [0.25, 0.3) is 0 Å². The average Bonchev–Trinajstić information content (AvgIpc) is 2.29. The van der Waals surface area contributed by atoms with Crippen LogP contribution in [0.1, 0.15) is 6.42 Å². The molecule has 0 saturated carbocycles. The number of carbonyl (C=O) groups excluding carboxylic acids is 1. The van der Waals surface area contributed by atoms with E-state index in [-0.39, 0.29) is 13.0 Å². The largest absolute Gasteiger partial charge is 0.481 e. The molecule has 3 N–H and O–H groups in total. The highest BCUT2D eigenvalue weighted by Gasteiger charge is 2.04. The molecule has 18 heavy (non-hydrogen) atoms. The van der Waals surface area contributed by atoms with E-state index >= 15 is 0 Å². The highest BCUT2D eigenvalue weighted by Crippen LogP contribution is 2.11. The maximum absolute atomic E-state index is 11.3. The Balaban J connectivity index is 2.42. The fourth-order valence-electron chi connectivity index (χ4n) is 1.17. The Hall–Kier alpha value is -2.31. The molecule has 1 heterocycles. The molecular weight excluding hydrogens is 236 g/mol. The molecule has 0 aliphatic rings. The van der Waals surface area contributed by atoms with Crippen LogP contribution in [0.15, 0.2) is 18.3 Å². The van der Waals surface area contributed by atoms with E-state index in [9.17, 15) is 9.59 Å². The summed E-state index contributed by atoms with van der Waals surface area (Å²) in [6, 6.07) is 3.02. The van der Waals surface area contributed by atoms with E-state index < -0.39 is 12.0 Å². The summed E-state index contributed by atoms with van der Waals surface area (Å²) in [5.41, 5.74) is 0.923. The van der Waals surface area contributed by atoms with E-state index in [0.29, 0.717) is 5.82 Å². The second kappa shape index (κ2) is 6.43. The minimum atomic E-state index is -0.955. The molecule has 1 aromatic heterocycles. The lowest BCUT2D eigenvalue weighted by Crippen LogP contribution is -2.30. The fraction of sp³-hybridized carbons (Fsp3) is 0.364. The molecule has 2 amide bonds. The van der Waals surface area contributed by atoms with Gasteiger partial charge in [0.2, 0.25) is 0 Å². The summed E-state index contributed by atoms with van der Waals surface area (Å²) in [5.74, 6) is -0.544. The number of rotatable bonds is 5. The molecule has 7 nitrogen and oxygen atoms in total. The molecule has 0 aliphatic heterocycles. The summed E-state index contributed by atoms with van der Waals surface area (Å²) >= 11 is 0. The molecule has 98 valence electrons. The van der Waals surface area contributed by atoms with Crippen LogP contribution >= 0.6 is 0 Å². The molecule has 0 atom stereocenters. The molecule has 0 fully saturated rings. The number of aliphatic carboxylic acids is 1. The van der Waals surface area contributed by atoms with Crippen molar-refractivity contribution in [2.24, 2.45) is 0 Å². The number of pyridine rings is 1. The minimum absolute atomic E-state index is 0.0803. The number of carboxylic acids is 1. The monoisotopic (exact) mass is 252 g/mol. The van der Waals surface area contributed by atoms with E-state index in [1.807, 2.05) is 25.1 Å². The number of nitrogens with one attached hydrogen (secondary N) is 2. The number of hydrogen-bond donors (Lipinski definition) is 3. The molecule has 0 unspecified atom stereocenters. The average molecular weight is 252 g/mol. The van der Waals surface area contributed by atoms with Crippen LogP contribution in [0.2, 0.25) is 0 Å². The topological polar surface area (TPSA) is 94.6 Å². The maximum Gasteiger partial charge on any atom is 0.320 e. The summed E-state index contributed by atoms with van der Waals surface area (Å²) in [6.45, 7) is 0.0803. The lowest BCUT2D eigenvalue weighted by atomic mass is 10.4. The van der Waals surface area contributed by atoms with Crippen LogP contribution in [0.5, 0.6) is 0 Å². The van der Waals surface area contributed by atoms with Gasteiger partial charge in [0.05, 0.1) is 18.3 Å². The number of hydrogen-bond acceptors (Lipinski definition) is 4. The van der Waals surface area contributed by atoms with Gasteiger partial charge in [-0.25, -0.2) is 9.78 Å².